The van der Waals surface area contributed by atoms with E-state index in [2.05, 4.69) is 31.3 Å². The molecule has 0 bridgehead atoms. The quantitative estimate of drug-likeness (QED) is 0.303. The van der Waals surface area contributed by atoms with E-state index < -0.39 is 5.92 Å². The van der Waals surface area contributed by atoms with E-state index in [0.717, 1.165) is 40.9 Å². The second-order valence-corrected chi connectivity index (χ2v) is 11.6. The lowest BCUT2D eigenvalue weighted by molar-refractivity contribution is -0.130. The topological polar surface area (TPSA) is 76.1 Å². The number of nitrogens with one attached hydrogen (secondary N) is 1. The average molecular weight is 519 g/mol. The van der Waals surface area contributed by atoms with Crippen LogP contribution in [0, 0.1) is 11.8 Å². The maximum Gasteiger partial charge on any atom is 0.224 e. The van der Waals surface area contributed by atoms with Gasteiger partial charge in [-0.05, 0) is 48.8 Å². The van der Waals surface area contributed by atoms with E-state index in [-0.39, 0.29) is 35.8 Å². The summed E-state index contributed by atoms with van der Waals surface area (Å²) in [7, 11) is 0. The highest BCUT2D eigenvalue weighted by Crippen LogP contribution is 2.30. The summed E-state index contributed by atoms with van der Waals surface area (Å²) in [6.45, 7) is 6.18. The van der Waals surface area contributed by atoms with Crippen LogP contribution in [0.15, 0.2) is 18.2 Å². The van der Waals surface area contributed by atoms with Crippen molar-refractivity contribution in [3.05, 3.63) is 28.8 Å². The number of hydrogen-bond donors (Lipinski definition) is 1. The number of fused-ring (bicyclic) bond motifs is 1. The molecule has 1 aliphatic rings. The molecule has 0 unspecified atom stereocenters. The number of rotatable bonds is 13. The third kappa shape index (κ3) is 8.11. The molecule has 35 heavy (non-hydrogen) atoms. The Balaban J connectivity index is 1.77. The first-order valence-electron chi connectivity index (χ1n) is 13.1. The Bertz CT molecular complexity index is 1010. The van der Waals surface area contributed by atoms with Gasteiger partial charge in [0.2, 0.25) is 5.91 Å². The van der Waals surface area contributed by atoms with Crippen LogP contribution >= 0.6 is 22.9 Å². The normalized spacial score (nSPS) is 16.4. The zero-order valence-electron chi connectivity index (χ0n) is 21.3. The second kappa shape index (κ2) is 13.5. The first kappa shape index (κ1) is 27.8. The van der Waals surface area contributed by atoms with Crippen molar-refractivity contribution in [2.45, 2.75) is 96.9 Å². The molecular weight excluding hydrogens is 480 g/mol. The van der Waals surface area contributed by atoms with Gasteiger partial charge in [0.1, 0.15) is 11.6 Å². The molecule has 192 valence electrons. The summed E-state index contributed by atoms with van der Waals surface area (Å²) in [5, 5.41) is 4.15. The third-order valence-electron chi connectivity index (χ3n) is 7.21. The summed E-state index contributed by atoms with van der Waals surface area (Å²) < 4.78 is 1.12. The van der Waals surface area contributed by atoms with Gasteiger partial charge in [0.25, 0.3) is 0 Å². The number of nitrogens with zero attached hydrogens (tertiary/aromatic N) is 1. The Kier molecular flexibility index (Phi) is 10.7. The van der Waals surface area contributed by atoms with Crippen LogP contribution in [0.2, 0.25) is 0 Å². The van der Waals surface area contributed by atoms with Crippen molar-refractivity contribution >= 4 is 50.6 Å². The number of benzene rings is 1. The number of thiazole rings is 1. The van der Waals surface area contributed by atoms with Gasteiger partial charge >= 0.3 is 0 Å². The summed E-state index contributed by atoms with van der Waals surface area (Å²) in [6.07, 6.45) is 7.72. The standard InChI is InChI=1S/C28H39ClN2O3S/c1-4-22(32)14-21(16-27-30-25-12-10-20(18(2)3)15-26(25)35-27)28(34)31-24(13-11-23(33)17-29)19-8-6-5-7-9-19/h10,12,15,18-19,21,24H,4-9,11,13-14,16-17H2,1-3H3,(H,31,34)/t21-,24+/m0/s1. The number of aromatic nitrogens is 1. The molecular formula is C28H39ClN2O3S. The van der Waals surface area contributed by atoms with Gasteiger partial charge in [0.15, 0.2) is 0 Å². The van der Waals surface area contributed by atoms with Crippen LogP contribution in [-0.4, -0.2) is 34.4 Å². The second-order valence-electron chi connectivity index (χ2n) is 10.2. The Morgan fingerprint density at radius 2 is 1.89 bits per heavy atom. The van der Waals surface area contributed by atoms with Crippen molar-refractivity contribution in [2.75, 3.05) is 5.88 Å². The van der Waals surface area contributed by atoms with E-state index in [9.17, 15) is 14.4 Å². The maximum absolute atomic E-state index is 13.5. The molecule has 1 fully saturated rings. The van der Waals surface area contributed by atoms with Gasteiger partial charge in [-0.1, -0.05) is 46.1 Å². The van der Waals surface area contributed by atoms with Crippen LogP contribution in [0.25, 0.3) is 10.2 Å². The van der Waals surface area contributed by atoms with Crippen molar-refractivity contribution in [1.82, 2.24) is 10.3 Å². The highest BCUT2D eigenvalue weighted by molar-refractivity contribution is 7.18. The number of alkyl halides is 1. The van der Waals surface area contributed by atoms with Crippen LogP contribution in [0.4, 0.5) is 0 Å². The predicted molar refractivity (Wildman–Crippen MR) is 144 cm³/mol. The van der Waals surface area contributed by atoms with Crippen LogP contribution in [-0.2, 0) is 20.8 Å². The van der Waals surface area contributed by atoms with Gasteiger partial charge in [-0.2, -0.15) is 0 Å². The fraction of sp³-hybridized carbons (Fsp3) is 0.643. The molecule has 2 atom stereocenters. The van der Waals surface area contributed by atoms with Gasteiger partial charge in [-0.15, -0.1) is 22.9 Å². The first-order valence-corrected chi connectivity index (χ1v) is 14.4. The Labute approximate surface area is 218 Å². The number of hydrogen-bond acceptors (Lipinski definition) is 5. The minimum Gasteiger partial charge on any atom is -0.353 e. The van der Waals surface area contributed by atoms with Gasteiger partial charge in [-0.3, -0.25) is 14.4 Å². The SMILES string of the molecule is CCC(=O)C[C@@H](Cc1nc2ccc(C(C)C)cc2s1)C(=O)N[C@H](CCC(=O)CCl)C1CCCCC1. The fourth-order valence-corrected chi connectivity index (χ4v) is 6.20. The molecule has 1 aromatic carbocycles. The minimum absolute atomic E-state index is 0.00896. The molecule has 1 aromatic heterocycles. The van der Waals surface area contributed by atoms with Crippen molar-refractivity contribution in [1.29, 1.82) is 0 Å². The molecule has 7 heteroatoms. The molecule has 0 spiro atoms. The van der Waals surface area contributed by atoms with E-state index >= 15 is 0 Å². The van der Waals surface area contributed by atoms with Crippen molar-refractivity contribution in [3.8, 4) is 0 Å². The fourth-order valence-electron chi connectivity index (χ4n) is 4.97. The molecule has 1 saturated carbocycles. The number of halogens is 1. The minimum atomic E-state index is -0.456. The lowest BCUT2D eigenvalue weighted by Gasteiger charge is -2.32. The average Bonchev–Trinajstić information content (AvgIpc) is 3.27. The largest absolute Gasteiger partial charge is 0.353 e. The first-order chi connectivity index (χ1) is 16.8. The lowest BCUT2D eigenvalue weighted by atomic mass is 9.81. The molecule has 1 N–H and O–H groups in total. The zero-order chi connectivity index (χ0) is 25.4. The van der Waals surface area contributed by atoms with E-state index in [0.29, 0.717) is 37.5 Å². The van der Waals surface area contributed by atoms with E-state index in [4.69, 9.17) is 16.6 Å². The molecule has 0 radical (unpaired) electrons. The Hall–Kier alpha value is -1.79. The van der Waals surface area contributed by atoms with Gasteiger partial charge in [-0.25, -0.2) is 4.98 Å². The monoisotopic (exact) mass is 518 g/mol. The molecule has 1 aliphatic carbocycles. The predicted octanol–water partition coefficient (Wildman–Crippen LogP) is 6.60. The lowest BCUT2D eigenvalue weighted by Crippen LogP contribution is -2.45. The van der Waals surface area contributed by atoms with Gasteiger partial charge < -0.3 is 5.32 Å². The van der Waals surface area contributed by atoms with Crippen molar-refractivity contribution < 1.29 is 14.4 Å². The highest BCUT2D eigenvalue weighted by Gasteiger charge is 2.30. The molecule has 0 saturated heterocycles. The molecule has 5 nitrogen and oxygen atoms in total. The summed E-state index contributed by atoms with van der Waals surface area (Å²) in [5.41, 5.74) is 2.21. The zero-order valence-corrected chi connectivity index (χ0v) is 22.9. The Morgan fingerprint density at radius 1 is 1.14 bits per heavy atom. The van der Waals surface area contributed by atoms with E-state index in [1.807, 2.05) is 13.0 Å². The highest BCUT2D eigenvalue weighted by atomic mass is 35.5. The number of ketones is 2. The number of carbonyl (C=O) groups is 3. The third-order valence-corrected chi connectivity index (χ3v) is 8.55. The van der Waals surface area contributed by atoms with Crippen LogP contribution in [0.5, 0.6) is 0 Å². The molecule has 2 aromatic rings. The van der Waals surface area contributed by atoms with Gasteiger partial charge in [0, 0.05) is 31.7 Å². The number of carbonyl (C=O) groups excluding carboxylic acids is 3. The van der Waals surface area contributed by atoms with Crippen LogP contribution in [0.1, 0.15) is 95.0 Å². The molecule has 0 aliphatic heterocycles. The number of amides is 1. The molecule has 1 amide bonds. The summed E-state index contributed by atoms with van der Waals surface area (Å²) >= 11 is 7.33. The molecule has 1 heterocycles. The number of Topliss-reactive ketones (excluding diaryl/α,β-unsaturated/α-hetero) is 2. The Morgan fingerprint density at radius 3 is 2.54 bits per heavy atom. The van der Waals surface area contributed by atoms with E-state index in [1.54, 1.807) is 11.3 Å². The maximum atomic E-state index is 13.5. The summed E-state index contributed by atoms with van der Waals surface area (Å²) in [6, 6.07) is 6.28. The summed E-state index contributed by atoms with van der Waals surface area (Å²) in [5.74, 6) is 0.359. The smallest absolute Gasteiger partial charge is 0.224 e. The van der Waals surface area contributed by atoms with Gasteiger partial charge in [0.05, 0.1) is 27.0 Å². The van der Waals surface area contributed by atoms with Crippen molar-refractivity contribution in [3.63, 3.8) is 0 Å². The van der Waals surface area contributed by atoms with Crippen molar-refractivity contribution in [2.24, 2.45) is 11.8 Å². The van der Waals surface area contributed by atoms with Crippen LogP contribution in [0.3, 0.4) is 0 Å². The molecule has 3 rings (SSSR count). The summed E-state index contributed by atoms with van der Waals surface area (Å²) in [4.78, 5) is 42.6. The van der Waals surface area contributed by atoms with E-state index in [1.165, 1.54) is 12.0 Å². The van der Waals surface area contributed by atoms with Crippen LogP contribution < -0.4 is 5.32 Å².